The normalized spacial score (nSPS) is 11.0. The zero-order valence-corrected chi connectivity index (χ0v) is 37.2. The summed E-state index contributed by atoms with van der Waals surface area (Å²) < 4.78 is 69.5. The lowest BCUT2D eigenvalue weighted by Gasteiger charge is -2.12. The molecule has 0 bridgehead atoms. The minimum absolute atomic E-state index is 0.00532. The van der Waals surface area contributed by atoms with Gasteiger partial charge in [-0.1, -0.05) is 78.3 Å². The third kappa shape index (κ3) is 13.4. The van der Waals surface area contributed by atoms with Gasteiger partial charge >= 0.3 is 3.18 Å². The molecule has 2 aromatic heterocycles. The maximum Gasteiger partial charge on any atom is 0.369 e. The van der Waals surface area contributed by atoms with Crippen LogP contribution in [0.1, 0.15) is 0 Å². The standard InChI is InChI=1S/C13H11BrCl2N2O4S.C12H9BrCl2N2O4S.BBr3/c1-17-23(19,20)11-5-12(18-6-10(11)21-2)22-13-8(15)3-7(14)4-9(13)16;1-16-22(19,20)10-4-11(17-5-9(10)18)21-12-7(14)2-6(13)3-8(12)15;2-1(3)4/h3-6,17H,1-2H3;2-5,16,18H,1H3;. The Morgan fingerprint density at radius 2 is 1.04 bits per heavy atom. The molecule has 12 nitrogen and oxygen atoms in total. The highest BCUT2D eigenvalue weighted by Gasteiger charge is 2.22. The molecule has 0 saturated carbocycles. The molecule has 0 aliphatic carbocycles. The number of pyridine rings is 2. The maximum absolute atomic E-state index is 12.0. The molecule has 0 fully saturated rings. The third-order valence-electron chi connectivity index (χ3n) is 5.30. The van der Waals surface area contributed by atoms with E-state index in [1.165, 1.54) is 33.5 Å². The zero-order chi connectivity index (χ0) is 37.3. The minimum Gasteiger partial charge on any atom is -0.505 e. The van der Waals surface area contributed by atoms with Crippen LogP contribution in [0.4, 0.5) is 0 Å². The molecular weight excluding hydrogens is 1100 g/mol. The van der Waals surface area contributed by atoms with Gasteiger partial charge in [-0.2, -0.15) is 0 Å². The van der Waals surface area contributed by atoms with E-state index in [1.54, 1.807) is 24.3 Å². The Hall–Kier alpha value is -0.615. The average molecular weight is 1120 g/mol. The Morgan fingerprint density at radius 1 is 0.694 bits per heavy atom. The molecule has 0 unspecified atom stereocenters. The highest BCUT2D eigenvalue weighted by Crippen LogP contribution is 2.40. The summed E-state index contributed by atoms with van der Waals surface area (Å²) in [5.41, 5.74) is 0. The van der Waals surface area contributed by atoms with Crippen LogP contribution in [0.3, 0.4) is 0 Å². The van der Waals surface area contributed by atoms with Crippen molar-refractivity contribution < 1.29 is 36.2 Å². The van der Waals surface area contributed by atoms with Gasteiger partial charge in [0, 0.05) is 21.1 Å². The molecule has 266 valence electrons. The summed E-state index contributed by atoms with van der Waals surface area (Å²) in [5.74, 6) is -0.211. The summed E-state index contributed by atoms with van der Waals surface area (Å²) in [5, 5.41) is 10.5. The molecule has 2 heterocycles. The Balaban J connectivity index is 0.000000307. The molecule has 24 heteroatoms. The predicted molar refractivity (Wildman–Crippen MR) is 210 cm³/mol. The van der Waals surface area contributed by atoms with Crippen molar-refractivity contribution in [2.45, 2.75) is 9.79 Å². The number of sulfonamides is 2. The summed E-state index contributed by atoms with van der Waals surface area (Å²) in [7, 11) is -3.76. The number of hydrogen-bond acceptors (Lipinski definition) is 10. The van der Waals surface area contributed by atoms with E-state index in [1.807, 2.05) is 0 Å². The lowest BCUT2D eigenvalue weighted by atomic mass is 10.3. The summed E-state index contributed by atoms with van der Waals surface area (Å²) in [6, 6.07) is 8.60. The maximum atomic E-state index is 12.0. The number of methoxy groups -OCH3 is 1. The average Bonchev–Trinajstić information content (AvgIpc) is 3.01. The molecule has 4 aromatic rings. The van der Waals surface area contributed by atoms with Crippen LogP contribution in [-0.2, 0) is 20.0 Å². The predicted octanol–water partition coefficient (Wildman–Crippen LogP) is 9.57. The van der Waals surface area contributed by atoms with E-state index in [0.717, 1.165) is 12.3 Å². The number of nitrogens with zero attached hydrogens (tertiary/aromatic N) is 2. The first-order valence-corrected chi connectivity index (χ1v) is 21.2. The van der Waals surface area contributed by atoms with E-state index in [0.29, 0.717) is 8.95 Å². The van der Waals surface area contributed by atoms with Crippen LogP contribution in [0.5, 0.6) is 34.8 Å². The van der Waals surface area contributed by atoms with Gasteiger partial charge in [0.25, 0.3) is 0 Å². The highest BCUT2D eigenvalue weighted by atomic mass is 79.9. The SMILES string of the molecule is BrB(Br)Br.CNS(=O)(=O)c1cc(Oc2c(Cl)cc(Br)cc2Cl)ncc1O.CNS(=O)(=O)c1cc(Oc2c(Cl)cc(Br)cc2Cl)ncc1OC. The van der Waals surface area contributed by atoms with Crippen LogP contribution in [0.25, 0.3) is 0 Å². The molecule has 0 aliphatic rings. The molecule has 0 saturated heterocycles. The van der Waals surface area contributed by atoms with E-state index in [9.17, 15) is 21.9 Å². The first kappa shape index (κ1) is 44.5. The lowest BCUT2D eigenvalue weighted by Crippen LogP contribution is -2.19. The van der Waals surface area contributed by atoms with E-state index in [-0.39, 0.29) is 62.1 Å². The number of ether oxygens (including phenoxy) is 3. The molecule has 0 atom stereocenters. The van der Waals surface area contributed by atoms with Gasteiger partial charge in [-0.25, -0.2) is 36.2 Å². The Labute approximate surface area is 344 Å². The van der Waals surface area contributed by atoms with Crippen LogP contribution in [0.2, 0.25) is 20.1 Å². The van der Waals surface area contributed by atoms with E-state index in [4.69, 9.17) is 60.6 Å². The number of nitrogens with one attached hydrogen (secondary N) is 2. The van der Waals surface area contributed by atoms with Crippen LogP contribution in [0, 0.1) is 0 Å². The molecule has 0 amide bonds. The first-order valence-electron chi connectivity index (χ1n) is 12.4. The topological polar surface area (TPSA) is 166 Å². The lowest BCUT2D eigenvalue weighted by molar-refractivity contribution is 0.394. The summed E-state index contributed by atoms with van der Waals surface area (Å²) >= 11 is 40.0. The fraction of sp³-hybridized carbons (Fsp3) is 0.120. The quantitative estimate of drug-likeness (QED) is 0.138. The van der Waals surface area contributed by atoms with Gasteiger partial charge < -0.3 is 19.3 Å². The van der Waals surface area contributed by atoms with Crippen molar-refractivity contribution in [2.24, 2.45) is 0 Å². The summed E-state index contributed by atoms with van der Waals surface area (Å²) in [6.07, 6.45) is 2.19. The van der Waals surface area contributed by atoms with Crippen molar-refractivity contribution in [3.8, 4) is 34.8 Å². The second kappa shape index (κ2) is 20.0. The second-order valence-corrected chi connectivity index (χ2v) is 22.0. The fourth-order valence-electron chi connectivity index (χ4n) is 3.19. The summed E-state index contributed by atoms with van der Waals surface area (Å²) in [4.78, 5) is 7.30. The van der Waals surface area contributed by atoms with Crippen molar-refractivity contribution in [1.29, 1.82) is 0 Å². The molecule has 0 radical (unpaired) electrons. The van der Waals surface area contributed by atoms with Crippen molar-refractivity contribution in [1.82, 2.24) is 19.4 Å². The smallest absolute Gasteiger partial charge is 0.369 e. The highest BCUT2D eigenvalue weighted by molar-refractivity contribution is 9.69. The molecule has 0 aliphatic heterocycles. The molecule has 3 N–H and O–H groups in total. The number of halogens is 9. The van der Waals surface area contributed by atoms with Crippen LogP contribution in [0.15, 0.2) is 67.5 Å². The van der Waals surface area contributed by atoms with Gasteiger partial charge in [-0.05, 0) is 38.4 Å². The van der Waals surface area contributed by atoms with E-state index in [2.05, 4.69) is 98.5 Å². The fourth-order valence-corrected chi connectivity index (χ4v) is 7.44. The Kier molecular flexibility index (Phi) is 18.2. The Morgan fingerprint density at radius 3 is 1.41 bits per heavy atom. The molecule has 4 rings (SSSR count). The molecule has 49 heavy (non-hydrogen) atoms. The first-order chi connectivity index (χ1) is 22.8. The Bertz CT molecular complexity index is 1970. The van der Waals surface area contributed by atoms with E-state index < -0.39 is 25.8 Å². The number of aromatic hydroxyl groups is 1. The minimum atomic E-state index is -3.86. The van der Waals surface area contributed by atoms with Gasteiger partial charge in [0.15, 0.2) is 23.0 Å². The number of benzene rings is 2. The largest absolute Gasteiger partial charge is 0.505 e. The van der Waals surface area contributed by atoms with Crippen LogP contribution >= 0.6 is 126 Å². The van der Waals surface area contributed by atoms with Gasteiger partial charge in [0.2, 0.25) is 31.8 Å². The third-order valence-corrected chi connectivity index (χ3v) is 10.2. The van der Waals surface area contributed by atoms with Crippen molar-refractivity contribution in [3.05, 3.63) is 77.8 Å². The van der Waals surface area contributed by atoms with Crippen molar-refractivity contribution >= 4 is 149 Å². The summed E-state index contributed by atoms with van der Waals surface area (Å²) in [6.45, 7) is 0. The van der Waals surface area contributed by atoms with Gasteiger partial charge in [-0.3, -0.25) is 0 Å². The van der Waals surface area contributed by atoms with E-state index >= 15 is 0 Å². The van der Waals surface area contributed by atoms with Crippen LogP contribution in [-0.4, -0.2) is 56.3 Å². The van der Waals surface area contributed by atoms with Crippen LogP contribution < -0.4 is 23.7 Å². The van der Waals surface area contributed by atoms with Crippen molar-refractivity contribution in [2.75, 3.05) is 21.2 Å². The molecular formula is C25H20BBr5Cl4N4O8S2. The second-order valence-electron chi connectivity index (χ2n) is 8.43. The zero-order valence-electron chi connectivity index (χ0n) is 24.6. The number of hydrogen-bond donors (Lipinski definition) is 3. The molecule has 0 spiro atoms. The number of aromatic nitrogens is 2. The van der Waals surface area contributed by atoms with Gasteiger partial charge in [0.05, 0.1) is 39.6 Å². The van der Waals surface area contributed by atoms with Gasteiger partial charge in [0.1, 0.15) is 9.79 Å². The molecule has 2 aromatic carbocycles. The van der Waals surface area contributed by atoms with Gasteiger partial charge in [-0.15, -0.1) is 47.3 Å². The number of rotatable bonds is 9. The monoisotopic (exact) mass is 1110 g/mol. The van der Waals surface area contributed by atoms with Crippen molar-refractivity contribution in [3.63, 3.8) is 0 Å².